The summed E-state index contributed by atoms with van der Waals surface area (Å²) in [6, 6.07) is 2.70. The molecule has 90 valence electrons. The molecule has 1 atom stereocenters. The first kappa shape index (κ1) is 12.1. The van der Waals surface area contributed by atoms with Crippen LogP contribution in [0.2, 0.25) is 0 Å². The molecular formula is C13H21NOS. The number of nitrogens with one attached hydrogen (secondary N) is 1. The predicted octanol–water partition coefficient (Wildman–Crippen LogP) is 3.01. The van der Waals surface area contributed by atoms with E-state index in [4.69, 9.17) is 0 Å². The van der Waals surface area contributed by atoms with E-state index in [-0.39, 0.29) is 6.10 Å². The number of aliphatic hydroxyl groups excluding tert-OH is 1. The number of rotatable bonds is 4. The molecule has 1 aliphatic carbocycles. The Bertz CT molecular complexity index is 317. The molecule has 0 bridgehead atoms. The van der Waals surface area contributed by atoms with Gasteiger partial charge in [0.15, 0.2) is 0 Å². The minimum Gasteiger partial charge on any atom is -0.386 e. The third-order valence-corrected chi connectivity index (χ3v) is 4.53. The Kier molecular flexibility index (Phi) is 4.38. The van der Waals surface area contributed by atoms with Gasteiger partial charge in [-0.05, 0) is 36.8 Å². The van der Waals surface area contributed by atoms with Crippen LogP contribution in [0.15, 0.2) is 11.4 Å². The Labute approximate surface area is 102 Å². The summed E-state index contributed by atoms with van der Waals surface area (Å²) in [4.78, 5) is 1.11. The average Bonchev–Trinajstić information content (AvgIpc) is 2.74. The number of aliphatic hydroxyl groups is 1. The zero-order chi connectivity index (χ0) is 11.4. The normalized spacial score (nSPS) is 19.9. The highest BCUT2D eigenvalue weighted by Crippen LogP contribution is 2.24. The highest BCUT2D eigenvalue weighted by Gasteiger charge is 2.16. The Hall–Kier alpha value is -0.380. The fourth-order valence-corrected chi connectivity index (χ4v) is 3.32. The second-order valence-electron chi connectivity index (χ2n) is 4.73. The van der Waals surface area contributed by atoms with Crippen LogP contribution in [0.4, 0.5) is 0 Å². The zero-order valence-electron chi connectivity index (χ0n) is 9.91. The first-order valence-electron chi connectivity index (χ1n) is 6.23. The van der Waals surface area contributed by atoms with Crippen molar-refractivity contribution in [2.75, 3.05) is 6.54 Å². The van der Waals surface area contributed by atoms with Crippen molar-refractivity contribution in [1.82, 2.24) is 5.32 Å². The minimum atomic E-state index is -0.332. The lowest BCUT2D eigenvalue weighted by molar-refractivity contribution is 0.168. The van der Waals surface area contributed by atoms with Gasteiger partial charge in [0.25, 0.3) is 0 Å². The van der Waals surface area contributed by atoms with Gasteiger partial charge in [-0.25, -0.2) is 0 Å². The van der Waals surface area contributed by atoms with E-state index in [9.17, 15) is 5.11 Å². The molecule has 1 aliphatic rings. The van der Waals surface area contributed by atoms with Crippen molar-refractivity contribution in [2.45, 2.75) is 51.2 Å². The highest BCUT2D eigenvalue weighted by atomic mass is 32.1. The molecule has 2 rings (SSSR count). The van der Waals surface area contributed by atoms with Crippen molar-refractivity contribution >= 4 is 11.3 Å². The lowest BCUT2D eigenvalue weighted by Crippen LogP contribution is -2.34. The van der Waals surface area contributed by atoms with Gasteiger partial charge in [-0.2, -0.15) is 0 Å². The molecular weight excluding hydrogens is 218 g/mol. The zero-order valence-corrected chi connectivity index (χ0v) is 10.7. The van der Waals surface area contributed by atoms with E-state index in [2.05, 4.69) is 23.7 Å². The smallest absolute Gasteiger partial charge is 0.101 e. The van der Waals surface area contributed by atoms with Crippen LogP contribution in [0.25, 0.3) is 0 Å². The fourth-order valence-electron chi connectivity index (χ4n) is 2.40. The Balaban J connectivity index is 1.79. The summed E-state index contributed by atoms with van der Waals surface area (Å²) >= 11 is 1.65. The molecule has 1 heterocycles. The molecule has 2 nitrogen and oxygen atoms in total. The number of thiophene rings is 1. The summed E-state index contributed by atoms with van der Waals surface area (Å²) in [5.74, 6) is 0. The van der Waals surface area contributed by atoms with E-state index in [1.54, 1.807) is 11.3 Å². The first-order chi connectivity index (χ1) is 7.77. The Morgan fingerprint density at radius 1 is 1.44 bits per heavy atom. The largest absolute Gasteiger partial charge is 0.386 e. The topological polar surface area (TPSA) is 32.3 Å². The molecule has 0 aliphatic heterocycles. The first-order valence-corrected chi connectivity index (χ1v) is 7.11. The third kappa shape index (κ3) is 3.06. The standard InChI is InChI=1S/C13H21NOS/c1-10-7-8-16-13(10)12(15)9-14-11-5-3-2-4-6-11/h7-8,11-12,14-15H,2-6,9H2,1H3. The minimum absolute atomic E-state index is 0.332. The second kappa shape index (κ2) is 5.80. The van der Waals surface area contributed by atoms with Crippen molar-refractivity contribution in [3.63, 3.8) is 0 Å². The lowest BCUT2D eigenvalue weighted by atomic mass is 9.95. The van der Waals surface area contributed by atoms with E-state index in [1.807, 2.05) is 0 Å². The van der Waals surface area contributed by atoms with Crippen molar-refractivity contribution in [3.05, 3.63) is 21.9 Å². The molecule has 1 aromatic heterocycles. The van der Waals surface area contributed by atoms with Gasteiger partial charge in [0.05, 0.1) is 0 Å². The summed E-state index contributed by atoms with van der Waals surface area (Å²) in [5, 5.41) is 15.6. The molecule has 0 spiro atoms. The molecule has 16 heavy (non-hydrogen) atoms. The van der Waals surface area contributed by atoms with Crippen molar-refractivity contribution in [1.29, 1.82) is 0 Å². The lowest BCUT2D eigenvalue weighted by Gasteiger charge is -2.24. The van der Waals surface area contributed by atoms with Gasteiger partial charge in [-0.15, -0.1) is 11.3 Å². The Morgan fingerprint density at radius 3 is 2.81 bits per heavy atom. The quantitative estimate of drug-likeness (QED) is 0.846. The van der Waals surface area contributed by atoms with Gasteiger partial charge in [0.1, 0.15) is 6.10 Å². The van der Waals surface area contributed by atoms with Crippen LogP contribution in [0.5, 0.6) is 0 Å². The van der Waals surface area contributed by atoms with Crippen molar-refractivity contribution < 1.29 is 5.11 Å². The van der Waals surface area contributed by atoms with Crippen molar-refractivity contribution in [3.8, 4) is 0 Å². The van der Waals surface area contributed by atoms with Gasteiger partial charge in [-0.3, -0.25) is 0 Å². The maximum Gasteiger partial charge on any atom is 0.101 e. The maximum atomic E-state index is 10.1. The van der Waals surface area contributed by atoms with E-state index < -0.39 is 0 Å². The summed E-state index contributed by atoms with van der Waals surface area (Å²) in [7, 11) is 0. The van der Waals surface area contributed by atoms with E-state index >= 15 is 0 Å². The number of hydrogen-bond donors (Lipinski definition) is 2. The van der Waals surface area contributed by atoms with Crippen LogP contribution >= 0.6 is 11.3 Å². The molecule has 1 unspecified atom stereocenters. The van der Waals surface area contributed by atoms with Gasteiger partial charge in [0, 0.05) is 17.5 Å². The summed E-state index contributed by atoms with van der Waals surface area (Å²) in [5.41, 5.74) is 1.21. The molecule has 3 heteroatoms. The molecule has 1 aromatic rings. The SMILES string of the molecule is Cc1ccsc1C(O)CNC1CCCCC1. The van der Waals surface area contributed by atoms with Crippen LogP contribution in [0.1, 0.15) is 48.6 Å². The predicted molar refractivity (Wildman–Crippen MR) is 68.9 cm³/mol. The van der Waals surface area contributed by atoms with Crippen LogP contribution in [-0.2, 0) is 0 Å². The average molecular weight is 239 g/mol. The van der Waals surface area contributed by atoms with E-state index in [0.717, 1.165) is 4.88 Å². The van der Waals surface area contributed by atoms with Crippen LogP contribution in [0.3, 0.4) is 0 Å². The molecule has 0 amide bonds. The summed E-state index contributed by atoms with van der Waals surface area (Å²) in [6.07, 6.45) is 6.27. The van der Waals surface area contributed by atoms with Gasteiger partial charge < -0.3 is 10.4 Å². The molecule has 2 N–H and O–H groups in total. The van der Waals surface area contributed by atoms with Gasteiger partial charge in [0.2, 0.25) is 0 Å². The van der Waals surface area contributed by atoms with Crippen LogP contribution < -0.4 is 5.32 Å². The molecule has 0 aromatic carbocycles. The van der Waals surface area contributed by atoms with E-state index in [0.29, 0.717) is 12.6 Å². The second-order valence-corrected chi connectivity index (χ2v) is 5.67. The number of hydrogen-bond acceptors (Lipinski definition) is 3. The van der Waals surface area contributed by atoms with E-state index in [1.165, 1.54) is 37.7 Å². The molecule has 0 radical (unpaired) electrons. The molecule has 1 saturated carbocycles. The third-order valence-electron chi connectivity index (χ3n) is 3.41. The Morgan fingerprint density at radius 2 is 2.19 bits per heavy atom. The van der Waals surface area contributed by atoms with Crippen LogP contribution in [0, 0.1) is 6.92 Å². The van der Waals surface area contributed by atoms with Gasteiger partial charge in [-0.1, -0.05) is 19.3 Å². The van der Waals surface area contributed by atoms with Gasteiger partial charge >= 0.3 is 0 Å². The maximum absolute atomic E-state index is 10.1. The highest BCUT2D eigenvalue weighted by molar-refractivity contribution is 7.10. The summed E-state index contributed by atoms with van der Waals surface area (Å²) < 4.78 is 0. The monoisotopic (exact) mass is 239 g/mol. The molecule has 0 saturated heterocycles. The fraction of sp³-hybridized carbons (Fsp3) is 0.692. The summed E-state index contributed by atoms with van der Waals surface area (Å²) in [6.45, 7) is 2.77. The number of aryl methyl sites for hydroxylation is 1. The van der Waals surface area contributed by atoms with Crippen LogP contribution in [-0.4, -0.2) is 17.7 Å². The van der Waals surface area contributed by atoms with Crippen molar-refractivity contribution in [2.24, 2.45) is 0 Å². The molecule has 1 fully saturated rings.